The van der Waals surface area contributed by atoms with Crippen molar-refractivity contribution < 1.29 is 14.3 Å². The average Bonchev–Trinajstić information content (AvgIpc) is 3.38. The van der Waals surface area contributed by atoms with E-state index in [9.17, 15) is 9.59 Å². The number of hydrogen-bond acceptors (Lipinski definition) is 5. The van der Waals surface area contributed by atoms with Gasteiger partial charge in [0.2, 0.25) is 5.91 Å². The highest BCUT2D eigenvalue weighted by molar-refractivity contribution is 5.98. The lowest BCUT2D eigenvalue weighted by molar-refractivity contribution is -0.119. The van der Waals surface area contributed by atoms with Gasteiger partial charge in [0.15, 0.2) is 0 Å². The van der Waals surface area contributed by atoms with E-state index in [2.05, 4.69) is 15.7 Å². The molecular formula is C21H28ClN5O3. The molecule has 0 saturated carbocycles. The molecule has 0 radical (unpaired) electrons. The van der Waals surface area contributed by atoms with Crippen molar-refractivity contribution in [3.8, 4) is 0 Å². The maximum absolute atomic E-state index is 13.1. The molecule has 9 heteroatoms. The van der Waals surface area contributed by atoms with E-state index in [0.29, 0.717) is 44.1 Å². The third kappa shape index (κ3) is 4.66. The van der Waals surface area contributed by atoms with Gasteiger partial charge in [-0.1, -0.05) is 6.07 Å². The number of rotatable bonds is 4. The van der Waals surface area contributed by atoms with Crippen molar-refractivity contribution in [2.24, 2.45) is 13.0 Å². The fourth-order valence-corrected chi connectivity index (χ4v) is 4.00. The number of aromatic nitrogens is 2. The van der Waals surface area contributed by atoms with Crippen LogP contribution in [0.1, 0.15) is 27.4 Å². The highest BCUT2D eigenvalue weighted by Gasteiger charge is 2.35. The molecule has 4 rings (SSSR count). The summed E-state index contributed by atoms with van der Waals surface area (Å²) in [4.78, 5) is 27.6. The van der Waals surface area contributed by atoms with Crippen LogP contribution in [0.4, 0.5) is 5.69 Å². The van der Waals surface area contributed by atoms with E-state index in [-0.39, 0.29) is 36.1 Å². The Balaban J connectivity index is 0.00000256. The Bertz CT molecular complexity index is 910. The number of morpholine rings is 1. The first-order valence-corrected chi connectivity index (χ1v) is 10.0. The summed E-state index contributed by atoms with van der Waals surface area (Å²) in [6.07, 6.45) is 3.79. The second-order valence-electron chi connectivity index (χ2n) is 7.74. The zero-order valence-corrected chi connectivity index (χ0v) is 18.1. The molecule has 2 aliphatic rings. The number of carbonyl (C=O) groups is 2. The fourth-order valence-electron chi connectivity index (χ4n) is 4.00. The average molecular weight is 434 g/mol. The third-order valence-electron chi connectivity index (χ3n) is 5.74. The molecule has 2 amide bonds. The van der Waals surface area contributed by atoms with Crippen LogP contribution in [-0.4, -0.2) is 65.9 Å². The topological polar surface area (TPSA) is 88.5 Å². The molecule has 1 aromatic carbocycles. The number of anilines is 1. The number of halogens is 1. The third-order valence-corrected chi connectivity index (χ3v) is 5.74. The van der Waals surface area contributed by atoms with E-state index < -0.39 is 0 Å². The first-order chi connectivity index (χ1) is 14.0. The van der Waals surface area contributed by atoms with E-state index in [4.69, 9.17) is 4.74 Å². The first-order valence-electron chi connectivity index (χ1n) is 10.0. The predicted octanol–water partition coefficient (Wildman–Crippen LogP) is 1.56. The molecule has 8 nitrogen and oxygen atoms in total. The van der Waals surface area contributed by atoms with Crippen molar-refractivity contribution >= 4 is 29.9 Å². The van der Waals surface area contributed by atoms with Crippen molar-refractivity contribution in [1.82, 2.24) is 20.0 Å². The van der Waals surface area contributed by atoms with Gasteiger partial charge in [0.05, 0.1) is 25.3 Å². The summed E-state index contributed by atoms with van der Waals surface area (Å²) in [5.74, 6) is -0.165. The Morgan fingerprint density at radius 3 is 2.70 bits per heavy atom. The Morgan fingerprint density at radius 1 is 1.23 bits per heavy atom. The van der Waals surface area contributed by atoms with E-state index >= 15 is 0 Å². The summed E-state index contributed by atoms with van der Waals surface area (Å²) in [6.45, 7) is 5.61. The van der Waals surface area contributed by atoms with Crippen LogP contribution in [-0.2, 0) is 16.6 Å². The molecule has 0 aliphatic carbocycles. The van der Waals surface area contributed by atoms with E-state index in [1.807, 2.05) is 38.5 Å². The van der Waals surface area contributed by atoms with Gasteiger partial charge in [-0.15, -0.1) is 12.4 Å². The zero-order chi connectivity index (χ0) is 20.4. The molecule has 0 bridgehead atoms. The summed E-state index contributed by atoms with van der Waals surface area (Å²) in [5, 5.41) is 10.6. The Kier molecular flexibility index (Phi) is 7.12. The molecule has 1 aromatic heterocycles. The first kappa shape index (κ1) is 22.3. The molecule has 2 fully saturated rings. The van der Waals surface area contributed by atoms with Crippen LogP contribution in [0.2, 0.25) is 0 Å². The number of ether oxygens (including phenoxy) is 1. The number of nitrogens with zero attached hydrogens (tertiary/aromatic N) is 3. The molecule has 2 aliphatic heterocycles. The van der Waals surface area contributed by atoms with Gasteiger partial charge >= 0.3 is 0 Å². The lowest BCUT2D eigenvalue weighted by Crippen LogP contribution is -2.40. The highest BCUT2D eigenvalue weighted by atomic mass is 35.5. The van der Waals surface area contributed by atoms with Crippen molar-refractivity contribution in [3.63, 3.8) is 0 Å². The maximum atomic E-state index is 13.1. The quantitative estimate of drug-likeness (QED) is 0.764. The molecule has 30 heavy (non-hydrogen) atoms. The van der Waals surface area contributed by atoms with Crippen LogP contribution in [0, 0.1) is 12.8 Å². The van der Waals surface area contributed by atoms with E-state index in [1.54, 1.807) is 15.6 Å². The zero-order valence-electron chi connectivity index (χ0n) is 17.3. The van der Waals surface area contributed by atoms with Gasteiger partial charge in [0.25, 0.3) is 5.91 Å². The van der Waals surface area contributed by atoms with Crippen molar-refractivity contribution in [2.45, 2.75) is 12.8 Å². The minimum absolute atomic E-state index is 0. The molecule has 162 valence electrons. The summed E-state index contributed by atoms with van der Waals surface area (Å²) in [7, 11) is 1.88. The van der Waals surface area contributed by atoms with Gasteiger partial charge in [-0.2, -0.15) is 5.10 Å². The van der Waals surface area contributed by atoms with Gasteiger partial charge in [-0.3, -0.25) is 14.3 Å². The van der Waals surface area contributed by atoms with Crippen LogP contribution >= 0.6 is 12.4 Å². The minimum atomic E-state index is -0.183. The molecule has 2 aromatic rings. The standard InChI is InChI=1S/C21H27N5O3.ClH/c1-14-3-4-15(21(28)26-5-7-29-8-6-26)9-19(14)24-20(27)18-12-22-11-17(18)16-10-23-25(2)13-16;/h3-4,9-10,13,17-18,22H,5-8,11-12H2,1-2H3,(H,24,27);1H/t17-,18+;/m1./s1. The van der Waals surface area contributed by atoms with Gasteiger partial charge in [0.1, 0.15) is 0 Å². The number of benzene rings is 1. The Labute approximate surface area is 182 Å². The monoisotopic (exact) mass is 433 g/mol. The molecule has 3 heterocycles. The van der Waals surface area contributed by atoms with Gasteiger partial charge < -0.3 is 20.3 Å². The minimum Gasteiger partial charge on any atom is -0.378 e. The Morgan fingerprint density at radius 2 is 2.00 bits per heavy atom. The summed E-state index contributed by atoms with van der Waals surface area (Å²) in [6, 6.07) is 5.49. The largest absolute Gasteiger partial charge is 0.378 e. The predicted molar refractivity (Wildman–Crippen MR) is 116 cm³/mol. The number of aryl methyl sites for hydroxylation is 2. The number of nitrogens with one attached hydrogen (secondary N) is 2. The summed E-state index contributed by atoms with van der Waals surface area (Å²) in [5.41, 5.74) is 3.26. The summed E-state index contributed by atoms with van der Waals surface area (Å²) < 4.78 is 7.08. The number of hydrogen-bond donors (Lipinski definition) is 2. The smallest absolute Gasteiger partial charge is 0.254 e. The fraction of sp³-hybridized carbons (Fsp3) is 0.476. The second-order valence-corrected chi connectivity index (χ2v) is 7.74. The lowest BCUT2D eigenvalue weighted by atomic mass is 9.90. The number of carbonyl (C=O) groups excluding carboxylic acids is 2. The molecule has 2 atom stereocenters. The molecule has 0 unspecified atom stereocenters. The normalized spacial score (nSPS) is 21.2. The van der Waals surface area contributed by atoms with Gasteiger partial charge in [0, 0.05) is 56.6 Å². The number of amides is 2. The SMILES string of the molecule is Cc1ccc(C(=O)N2CCOCC2)cc1NC(=O)[C@H]1CNC[C@@H]1c1cnn(C)c1.Cl. The van der Waals surface area contributed by atoms with Gasteiger partial charge in [-0.25, -0.2) is 0 Å². The van der Waals surface area contributed by atoms with Gasteiger partial charge in [-0.05, 0) is 30.2 Å². The van der Waals surface area contributed by atoms with Crippen molar-refractivity contribution in [1.29, 1.82) is 0 Å². The summed E-state index contributed by atoms with van der Waals surface area (Å²) >= 11 is 0. The molecular weight excluding hydrogens is 406 g/mol. The van der Waals surface area contributed by atoms with Crippen LogP contribution in [0.5, 0.6) is 0 Å². The van der Waals surface area contributed by atoms with Crippen LogP contribution in [0.3, 0.4) is 0 Å². The van der Waals surface area contributed by atoms with Crippen LogP contribution < -0.4 is 10.6 Å². The van der Waals surface area contributed by atoms with Crippen molar-refractivity contribution in [3.05, 3.63) is 47.3 Å². The van der Waals surface area contributed by atoms with E-state index in [0.717, 1.165) is 17.7 Å². The second kappa shape index (κ2) is 9.59. The highest BCUT2D eigenvalue weighted by Crippen LogP contribution is 2.29. The van der Waals surface area contributed by atoms with Crippen LogP contribution in [0.25, 0.3) is 0 Å². The molecule has 2 saturated heterocycles. The molecule has 0 spiro atoms. The molecule has 2 N–H and O–H groups in total. The maximum Gasteiger partial charge on any atom is 0.254 e. The van der Waals surface area contributed by atoms with Crippen molar-refractivity contribution in [2.75, 3.05) is 44.7 Å². The Hall–Kier alpha value is -2.42. The lowest BCUT2D eigenvalue weighted by Gasteiger charge is -2.27. The van der Waals surface area contributed by atoms with Crippen LogP contribution in [0.15, 0.2) is 30.6 Å². The van der Waals surface area contributed by atoms with E-state index in [1.165, 1.54) is 0 Å².